The molecule has 0 bridgehead atoms. The number of aromatic carboxylic acids is 1. The standard InChI is InChI=1S/C15H26N2O2S/c1-10(2)8-17(9-11(3)4)7-6-13-16-12(5)14(20-13)15(18)19/h10-11H,6-9H2,1-5H3,(H,18,19). The quantitative estimate of drug-likeness (QED) is 0.800. The second-order valence-electron chi connectivity index (χ2n) is 6.12. The third-order valence-electron chi connectivity index (χ3n) is 2.92. The van der Waals surface area contributed by atoms with Crippen LogP contribution in [0.25, 0.3) is 0 Å². The van der Waals surface area contributed by atoms with Gasteiger partial charge in [-0.15, -0.1) is 11.3 Å². The molecule has 1 heterocycles. The van der Waals surface area contributed by atoms with Gasteiger partial charge in [0.15, 0.2) is 0 Å². The van der Waals surface area contributed by atoms with Crippen molar-refractivity contribution in [2.75, 3.05) is 19.6 Å². The first-order chi connectivity index (χ1) is 9.29. The number of aryl methyl sites for hydroxylation is 1. The average molecular weight is 298 g/mol. The fraction of sp³-hybridized carbons (Fsp3) is 0.733. The van der Waals surface area contributed by atoms with Crippen LogP contribution in [0.15, 0.2) is 0 Å². The van der Waals surface area contributed by atoms with Crippen molar-refractivity contribution in [2.24, 2.45) is 11.8 Å². The Morgan fingerprint density at radius 2 is 1.80 bits per heavy atom. The molecule has 114 valence electrons. The fourth-order valence-corrected chi connectivity index (χ4v) is 3.19. The Balaban J connectivity index is 2.62. The van der Waals surface area contributed by atoms with Gasteiger partial charge < -0.3 is 10.0 Å². The van der Waals surface area contributed by atoms with E-state index in [0.717, 1.165) is 31.1 Å². The first kappa shape index (κ1) is 17.1. The molecule has 1 aromatic heterocycles. The van der Waals surface area contributed by atoms with Crippen molar-refractivity contribution in [3.63, 3.8) is 0 Å². The van der Waals surface area contributed by atoms with Gasteiger partial charge >= 0.3 is 5.97 Å². The second kappa shape index (κ2) is 7.74. The minimum absolute atomic E-state index is 0.374. The third kappa shape index (κ3) is 5.59. The van der Waals surface area contributed by atoms with E-state index in [1.807, 2.05) is 0 Å². The monoisotopic (exact) mass is 298 g/mol. The van der Waals surface area contributed by atoms with Crippen molar-refractivity contribution in [1.82, 2.24) is 9.88 Å². The maximum absolute atomic E-state index is 11.0. The van der Waals surface area contributed by atoms with Gasteiger partial charge in [-0.05, 0) is 18.8 Å². The lowest BCUT2D eigenvalue weighted by Gasteiger charge is -2.25. The zero-order chi connectivity index (χ0) is 15.3. The van der Waals surface area contributed by atoms with E-state index in [0.29, 0.717) is 22.4 Å². The Kier molecular flexibility index (Phi) is 6.62. The van der Waals surface area contributed by atoms with Crippen LogP contribution in [0.2, 0.25) is 0 Å². The molecule has 4 nitrogen and oxygen atoms in total. The van der Waals surface area contributed by atoms with E-state index in [4.69, 9.17) is 5.11 Å². The Hall–Kier alpha value is -0.940. The van der Waals surface area contributed by atoms with E-state index in [1.54, 1.807) is 6.92 Å². The molecule has 1 rings (SSSR count). The second-order valence-corrected chi connectivity index (χ2v) is 7.21. The van der Waals surface area contributed by atoms with Gasteiger partial charge in [-0.3, -0.25) is 0 Å². The maximum Gasteiger partial charge on any atom is 0.347 e. The number of thiazole rings is 1. The van der Waals surface area contributed by atoms with Gasteiger partial charge in [0.2, 0.25) is 0 Å². The molecule has 0 atom stereocenters. The predicted octanol–water partition coefficient (Wildman–Crippen LogP) is 3.31. The van der Waals surface area contributed by atoms with Gasteiger partial charge in [0.05, 0.1) is 10.7 Å². The summed E-state index contributed by atoms with van der Waals surface area (Å²) in [5.74, 6) is 0.412. The number of nitrogens with zero attached hydrogens (tertiary/aromatic N) is 2. The smallest absolute Gasteiger partial charge is 0.347 e. The van der Waals surface area contributed by atoms with E-state index in [1.165, 1.54) is 11.3 Å². The average Bonchev–Trinajstić information content (AvgIpc) is 2.66. The summed E-state index contributed by atoms with van der Waals surface area (Å²) in [6.45, 7) is 13.8. The van der Waals surface area contributed by atoms with Gasteiger partial charge in [0, 0.05) is 26.1 Å². The van der Waals surface area contributed by atoms with E-state index < -0.39 is 5.97 Å². The van der Waals surface area contributed by atoms with E-state index >= 15 is 0 Å². The summed E-state index contributed by atoms with van der Waals surface area (Å²) in [4.78, 5) is 18.2. The Labute approximate surface area is 125 Å². The molecule has 0 unspecified atom stereocenters. The molecule has 5 heteroatoms. The zero-order valence-electron chi connectivity index (χ0n) is 13.1. The lowest BCUT2D eigenvalue weighted by molar-refractivity contribution is 0.0701. The number of rotatable bonds is 8. The summed E-state index contributed by atoms with van der Waals surface area (Å²) in [6.07, 6.45) is 0.832. The number of hydrogen-bond donors (Lipinski definition) is 1. The van der Waals surface area contributed by atoms with Crippen molar-refractivity contribution in [2.45, 2.75) is 41.0 Å². The molecular formula is C15H26N2O2S. The summed E-state index contributed by atoms with van der Waals surface area (Å²) in [6, 6.07) is 0. The van der Waals surface area contributed by atoms with Gasteiger partial charge in [-0.25, -0.2) is 9.78 Å². The zero-order valence-corrected chi connectivity index (χ0v) is 14.0. The summed E-state index contributed by atoms with van der Waals surface area (Å²) in [5.41, 5.74) is 0.636. The van der Waals surface area contributed by atoms with Crippen LogP contribution in [0.4, 0.5) is 0 Å². The topological polar surface area (TPSA) is 53.4 Å². The minimum Gasteiger partial charge on any atom is -0.477 e. The molecule has 0 aliphatic carbocycles. The van der Waals surface area contributed by atoms with Crippen molar-refractivity contribution >= 4 is 17.3 Å². The highest BCUT2D eigenvalue weighted by Crippen LogP contribution is 2.19. The van der Waals surface area contributed by atoms with Crippen LogP contribution in [-0.4, -0.2) is 40.6 Å². The molecule has 0 aliphatic rings. The number of aromatic nitrogens is 1. The molecule has 0 saturated carbocycles. The molecule has 20 heavy (non-hydrogen) atoms. The van der Waals surface area contributed by atoms with Crippen molar-refractivity contribution in [3.05, 3.63) is 15.6 Å². The van der Waals surface area contributed by atoms with Crippen LogP contribution >= 0.6 is 11.3 Å². The third-order valence-corrected chi connectivity index (χ3v) is 4.13. The van der Waals surface area contributed by atoms with Crippen molar-refractivity contribution < 1.29 is 9.90 Å². The molecular weight excluding hydrogens is 272 g/mol. The van der Waals surface area contributed by atoms with Gasteiger partial charge in [-0.1, -0.05) is 27.7 Å². The SMILES string of the molecule is Cc1nc(CCN(CC(C)C)CC(C)C)sc1C(=O)O. The predicted molar refractivity (Wildman–Crippen MR) is 83.6 cm³/mol. The van der Waals surface area contributed by atoms with Gasteiger partial charge in [-0.2, -0.15) is 0 Å². The molecule has 0 spiro atoms. The molecule has 0 saturated heterocycles. The maximum atomic E-state index is 11.0. The largest absolute Gasteiger partial charge is 0.477 e. The highest BCUT2D eigenvalue weighted by molar-refractivity contribution is 7.13. The van der Waals surface area contributed by atoms with Crippen LogP contribution < -0.4 is 0 Å². The Bertz CT molecular complexity index is 431. The normalized spacial score (nSPS) is 11.8. The van der Waals surface area contributed by atoms with Gasteiger partial charge in [0.1, 0.15) is 4.88 Å². The number of hydrogen-bond acceptors (Lipinski definition) is 4. The number of carbonyl (C=O) groups is 1. The number of carboxylic acids is 1. The molecule has 0 aliphatic heterocycles. The summed E-state index contributed by atoms with van der Waals surface area (Å²) >= 11 is 1.31. The first-order valence-electron chi connectivity index (χ1n) is 7.21. The van der Waals surface area contributed by atoms with Gasteiger partial charge in [0.25, 0.3) is 0 Å². The minimum atomic E-state index is -0.868. The Morgan fingerprint density at radius 1 is 1.25 bits per heavy atom. The fourth-order valence-electron chi connectivity index (χ4n) is 2.30. The molecule has 1 aromatic rings. The van der Waals surface area contributed by atoms with Crippen LogP contribution in [0.3, 0.4) is 0 Å². The number of carboxylic acid groups (broad SMARTS) is 1. The van der Waals surface area contributed by atoms with E-state index in [-0.39, 0.29) is 0 Å². The molecule has 0 radical (unpaired) electrons. The van der Waals surface area contributed by atoms with Crippen LogP contribution in [0.1, 0.15) is 48.1 Å². The molecule has 1 N–H and O–H groups in total. The van der Waals surface area contributed by atoms with Crippen LogP contribution in [-0.2, 0) is 6.42 Å². The highest BCUT2D eigenvalue weighted by Gasteiger charge is 2.15. The summed E-state index contributed by atoms with van der Waals surface area (Å²) in [5, 5.41) is 9.98. The lowest BCUT2D eigenvalue weighted by Crippen LogP contribution is -2.33. The van der Waals surface area contributed by atoms with Crippen LogP contribution in [0.5, 0.6) is 0 Å². The molecule has 0 aromatic carbocycles. The highest BCUT2D eigenvalue weighted by atomic mass is 32.1. The summed E-state index contributed by atoms with van der Waals surface area (Å²) in [7, 11) is 0. The molecule has 0 amide bonds. The molecule has 0 fully saturated rings. The van der Waals surface area contributed by atoms with Crippen molar-refractivity contribution in [3.8, 4) is 0 Å². The van der Waals surface area contributed by atoms with Crippen molar-refractivity contribution in [1.29, 1.82) is 0 Å². The summed E-state index contributed by atoms with van der Waals surface area (Å²) < 4.78 is 0. The van der Waals surface area contributed by atoms with E-state index in [9.17, 15) is 4.79 Å². The van der Waals surface area contributed by atoms with E-state index in [2.05, 4.69) is 37.6 Å². The van der Waals surface area contributed by atoms with Crippen LogP contribution in [0, 0.1) is 18.8 Å². The Morgan fingerprint density at radius 3 is 2.20 bits per heavy atom. The first-order valence-corrected chi connectivity index (χ1v) is 8.03. The lowest BCUT2D eigenvalue weighted by atomic mass is 10.1.